The fourth-order valence-corrected chi connectivity index (χ4v) is 2.64. The molecule has 3 atom stereocenters. The van der Waals surface area contributed by atoms with Crippen LogP contribution in [0.25, 0.3) is 0 Å². The van der Waals surface area contributed by atoms with E-state index in [4.69, 9.17) is 5.73 Å². The van der Waals surface area contributed by atoms with Crippen molar-refractivity contribution in [2.75, 3.05) is 27.2 Å². The van der Waals surface area contributed by atoms with Gasteiger partial charge in [0.1, 0.15) is 0 Å². The topological polar surface area (TPSA) is 49.6 Å². The Morgan fingerprint density at radius 1 is 1.41 bits per heavy atom. The zero-order valence-corrected chi connectivity index (χ0v) is 11.8. The third-order valence-corrected chi connectivity index (χ3v) is 3.59. The monoisotopic (exact) mass is 241 g/mol. The number of hydrogen-bond acceptors (Lipinski definition) is 3. The van der Waals surface area contributed by atoms with Crippen LogP contribution >= 0.6 is 0 Å². The SMILES string of the molecule is CC(C)C[C@H](N)C(=O)N1CC(C)C(N(C)C)C1. The van der Waals surface area contributed by atoms with E-state index in [0.29, 0.717) is 17.9 Å². The number of nitrogens with zero attached hydrogens (tertiary/aromatic N) is 2. The predicted octanol–water partition coefficient (Wildman–Crippen LogP) is 0.768. The van der Waals surface area contributed by atoms with Gasteiger partial charge in [-0.15, -0.1) is 0 Å². The van der Waals surface area contributed by atoms with Gasteiger partial charge >= 0.3 is 0 Å². The van der Waals surface area contributed by atoms with Gasteiger partial charge in [-0.2, -0.15) is 0 Å². The summed E-state index contributed by atoms with van der Waals surface area (Å²) in [5.41, 5.74) is 5.96. The summed E-state index contributed by atoms with van der Waals surface area (Å²) >= 11 is 0. The number of amides is 1. The molecule has 0 aromatic heterocycles. The smallest absolute Gasteiger partial charge is 0.239 e. The number of rotatable bonds is 4. The van der Waals surface area contributed by atoms with Gasteiger partial charge in [0.15, 0.2) is 0 Å². The summed E-state index contributed by atoms with van der Waals surface area (Å²) in [6.07, 6.45) is 0.774. The Labute approximate surface area is 105 Å². The number of likely N-dealkylation sites (tertiary alicyclic amines) is 1. The normalized spacial score (nSPS) is 26.9. The lowest BCUT2D eigenvalue weighted by Gasteiger charge is -2.24. The molecule has 0 aromatic rings. The lowest BCUT2D eigenvalue weighted by molar-refractivity contribution is -0.132. The third-order valence-electron chi connectivity index (χ3n) is 3.59. The van der Waals surface area contributed by atoms with Gasteiger partial charge in [-0.25, -0.2) is 0 Å². The maximum Gasteiger partial charge on any atom is 0.239 e. The van der Waals surface area contributed by atoms with Crippen LogP contribution in [0.2, 0.25) is 0 Å². The summed E-state index contributed by atoms with van der Waals surface area (Å²) in [5, 5.41) is 0. The van der Waals surface area contributed by atoms with Gasteiger partial charge in [0.25, 0.3) is 0 Å². The highest BCUT2D eigenvalue weighted by Crippen LogP contribution is 2.21. The summed E-state index contributed by atoms with van der Waals surface area (Å²) < 4.78 is 0. The van der Waals surface area contributed by atoms with Gasteiger partial charge in [-0.05, 0) is 32.4 Å². The van der Waals surface area contributed by atoms with Crippen molar-refractivity contribution in [3.05, 3.63) is 0 Å². The zero-order valence-electron chi connectivity index (χ0n) is 11.8. The van der Waals surface area contributed by atoms with Gasteiger partial charge in [0.05, 0.1) is 6.04 Å². The van der Waals surface area contributed by atoms with Crippen molar-refractivity contribution in [1.29, 1.82) is 0 Å². The molecule has 2 unspecified atom stereocenters. The minimum atomic E-state index is -0.330. The van der Waals surface area contributed by atoms with Gasteiger partial charge in [-0.3, -0.25) is 4.79 Å². The molecule has 1 heterocycles. The molecule has 0 radical (unpaired) electrons. The average Bonchev–Trinajstić information content (AvgIpc) is 2.58. The van der Waals surface area contributed by atoms with Crippen LogP contribution in [-0.2, 0) is 4.79 Å². The Kier molecular flexibility index (Phi) is 4.95. The fourth-order valence-electron chi connectivity index (χ4n) is 2.64. The Balaban J connectivity index is 2.55. The quantitative estimate of drug-likeness (QED) is 0.791. The molecule has 0 spiro atoms. The Morgan fingerprint density at radius 2 is 2.00 bits per heavy atom. The lowest BCUT2D eigenvalue weighted by Crippen LogP contribution is -2.44. The molecule has 1 amide bonds. The van der Waals surface area contributed by atoms with Crippen molar-refractivity contribution in [2.24, 2.45) is 17.6 Å². The van der Waals surface area contributed by atoms with Crippen LogP contribution in [0.15, 0.2) is 0 Å². The van der Waals surface area contributed by atoms with E-state index < -0.39 is 0 Å². The van der Waals surface area contributed by atoms with Gasteiger partial charge in [0.2, 0.25) is 5.91 Å². The highest BCUT2D eigenvalue weighted by molar-refractivity contribution is 5.82. The molecule has 1 saturated heterocycles. The average molecular weight is 241 g/mol. The molecule has 4 nitrogen and oxygen atoms in total. The van der Waals surface area contributed by atoms with Crippen molar-refractivity contribution in [2.45, 2.75) is 39.3 Å². The molecular formula is C13H27N3O. The minimum absolute atomic E-state index is 0.120. The van der Waals surface area contributed by atoms with Crippen molar-refractivity contribution >= 4 is 5.91 Å². The molecule has 1 aliphatic heterocycles. The highest BCUT2D eigenvalue weighted by Gasteiger charge is 2.35. The number of carbonyl (C=O) groups excluding carboxylic acids is 1. The van der Waals surface area contributed by atoms with Gasteiger partial charge in [-0.1, -0.05) is 20.8 Å². The second-order valence-corrected chi connectivity index (χ2v) is 5.99. The number of hydrogen-bond donors (Lipinski definition) is 1. The van der Waals surface area contributed by atoms with Gasteiger partial charge in [0, 0.05) is 19.1 Å². The van der Waals surface area contributed by atoms with Crippen LogP contribution in [-0.4, -0.2) is 55.0 Å². The summed E-state index contributed by atoms with van der Waals surface area (Å²) in [7, 11) is 4.15. The molecule has 0 bridgehead atoms. The third kappa shape index (κ3) is 3.68. The first-order valence-corrected chi connectivity index (χ1v) is 6.53. The van der Waals surface area contributed by atoms with E-state index in [-0.39, 0.29) is 11.9 Å². The summed E-state index contributed by atoms with van der Waals surface area (Å²) in [6.45, 7) is 8.06. The van der Waals surface area contributed by atoms with Crippen LogP contribution in [0.4, 0.5) is 0 Å². The summed E-state index contributed by atoms with van der Waals surface area (Å²) in [5.74, 6) is 1.12. The number of carbonyl (C=O) groups is 1. The molecule has 4 heteroatoms. The highest BCUT2D eigenvalue weighted by atomic mass is 16.2. The summed E-state index contributed by atoms with van der Waals surface area (Å²) in [4.78, 5) is 16.3. The van der Waals surface area contributed by atoms with Crippen LogP contribution in [0.5, 0.6) is 0 Å². The Hall–Kier alpha value is -0.610. The minimum Gasteiger partial charge on any atom is -0.339 e. The number of nitrogens with two attached hydrogens (primary N) is 1. The fraction of sp³-hybridized carbons (Fsp3) is 0.923. The second kappa shape index (κ2) is 5.83. The lowest BCUT2D eigenvalue weighted by atomic mass is 10.0. The van der Waals surface area contributed by atoms with E-state index in [9.17, 15) is 4.79 Å². The largest absolute Gasteiger partial charge is 0.339 e. The van der Waals surface area contributed by atoms with E-state index in [0.717, 1.165) is 19.5 Å². The van der Waals surface area contributed by atoms with Crippen LogP contribution in [0.1, 0.15) is 27.2 Å². The van der Waals surface area contributed by atoms with Crippen LogP contribution in [0.3, 0.4) is 0 Å². The van der Waals surface area contributed by atoms with E-state index in [1.807, 2.05) is 4.90 Å². The maximum atomic E-state index is 12.2. The second-order valence-electron chi connectivity index (χ2n) is 5.99. The molecule has 0 saturated carbocycles. The Bertz CT molecular complexity index is 265. The molecule has 1 aliphatic rings. The molecule has 0 aromatic carbocycles. The van der Waals surface area contributed by atoms with Crippen molar-refractivity contribution in [1.82, 2.24) is 9.80 Å². The van der Waals surface area contributed by atoms with Crippen LogP contribution in [0, 0.1) is 11.8 Å². The first-order valence-electron chi connectivity index (χ1n) is 6.53. The predicted molar refractivity (Wildman–Crippen MR) is 70.6 cm³/mol. The van der Waals surface area contributed by atoms with E-state index >= 15 is 0 Å². The number of likely N-dealkylation sites (N-methyl/N-ethyl adjacent to an activating group) is 1. The van der Waals surface area contributed by atoms with Crippen molar-refractivity contribution in [3.8, 4) is 0 Å². The molecule has 2 N–H and O–H groups in total. The molecule has 17 heavy (non-hydrogen) atoms. The van der Waals surface area contributed by atoms with Crippen LogP contribution < -0.4 is 5.73 Å². The first-order chi connectivity index (χ1) is 7.82. The maximum absolute atomic E-state index is 12.2. The van der Waals surface area contributed by atoms with E-state index in [2.05, 4.69) is 39.8 Å². The summed E-state index contributed by atoms with van der Waals surface area (Å²) in [6, 6.07) is 0.133. The molecule has 1 rings (SSSR count). The Morgan fingerprint density at radius 3 is 2.41 bits per heavy atom. The molecule has 1 fully saturated rings. The molecule has 100 valence electrons. The standard InChI is InChI=1S/C13H27N3O/c1-9(2)6-11(14)13(17)16-7-10(3)12(8-16)15(4)5/h9-12H,6-8,14H2,1-5H3/t10?,11-,12?/m0/s1. The molecular weight excluding hydrogens is 214 g/mol. The van der Waals surface area contributed by atoms with Crippen molar-refractivity contribution < 1.29 is 4.79 Å². The van der Waals surface area contributed by atoms with Crippen molar-refractivity contribution in [3.63, 3.8) is 0 Å². The van der Waals surface area contributed by atoms with Gasteiger partial charge < -0.3 is 15.5 Å². The zero-order chi connectivity index (χ0) is 13.2. The van der Waals surface area contributed by atoms with E-state index in [1.54, 1.807) is 0 Å². The molecule has 0 aliphatic carbocycles. The first kappa shape index (κ1) is 14.5. The van der Waals surface area contributed by atoms with E-state index in [1.165, 1.54) is 0 Å².